The van der Waals surface area contributed by atoms with Crippen molar-refractivity contribution < 1.29 is 13.2 Å². The summed E-state index contributed by atoms with van der Waals surface area (Å²) in [6, 6.07) is 8.47. The molecule has 114 valence electrons. The molecule has 0 saturated carbocycles. The number of benzene rings is 1. The number of rotatable bonds is 5. The lowest BCUT2D eigenvalue weighted by molar-refractivity contribution is -0.115. The first kappa shape index (κ1) is 16.6. The van der Waals surface area contributed by atoms with Crippen LogP contribution in [0.4, 0.5) is 0 Å². The zero-order valence-corrected chi connectivity index (χ0v) is 14.5. The molecule has 0 N–H and O–H groups in total. The molecule has 3 nitrogen and oxygen atoms in total. The molecule has 0 saturated heterocycles. The Hall–Kier alpha value is -0.720. The SMILES string of the molecule is CC1(C)CC(=O)C=C(SCCS(=O)(=O)c2ccccc2)S1. The van der Waals surface area contributed by atoms with Crippen molar-refractivity contribution in [3.8, 4) is 0 Å². The van der Waals surface area contributed by atoms with Gasteiger partial charge in [0.05, 0.1) is 10.6 Å². The molecule has 1 aromatic rings. The highest BCUT2D eigenvalue weighted by Gasteiger charge is 2.28. The monoisotopic (exact) mass is 342 g/mol. The Bertz CT molecular complexity index is 646. The van der Waals surface area contributed by atoms with Gasteiger partial charge in [-0.15, -0.1) is 23.5 Å². The van der Waals surface area contributed by atoms with Gasteiger partial charge in [-0.05, 0) is 26.0 Å². The smallest absolute Gasteiger partial charge is 0.179 e. The molecule has 21 heavy (non-hydrogen) atoms. The normalized spacial score (nSPS) is 18.4. The maximum absolute atomic E-state index is 12.2. The summed E-state index contributed by atoms with van der Waals surface area (Å²) in [5, 5.41) is 0. The molecule has 0 spiro atoms. The first-order chi connectivity index (χ1) is 9.78. The van der Waals surface area contributed by atoms with E-state index in [1.165, 1.54) is 11.8 Å². The Morgan fingerprint density at radius 2 is 1.90 bits per heavy atom. The van der Waals surface area contributed by atoms with Crippen molar-refractivity contribution in [1.29, 1.82) is 0 Å². The molecule has 0 bridgehead atoms. The maximum Gasteiger partial charge on any atom is 0.179 e. The van der Waals surface area contributed by atoms with Crippen molar-refractivity contribution in [3.63, 3.8) is 0 Å². The molecular weight excluding hydrogens is 324 g/mol. The van der Waals surface area contributed by atoms with Gasteiger partial charge in [-0.1, -0.05) is 18.2 Å². The summed E-state index contributed by atoms with van der Waals surface area (Å²) in [5.74, 6) is 0.653. The van der Waals surface area contributed by atoms with Crippen LogP contribution in [0.1, 0.15) is 20.3 Å². The third-order valence-electron chi connectivity index (χ3n) is 2.95. The third-order valence-corrected chi connectivity index (χ3v) is 7.37. The van der Waals surface area contributed by atoms with Crippen LogP contribution in [0.25, 0.3) is 0 Å². The first-order valence-electron chi connectivity index (χ1n) is 6.63. The lowest BCUT2D eigenvalue weighted by atomic mass is 10.1. The summed E-state index contributed by atoms with van der Waals surface area (Å²) in [6.45, 7) is 4.06. The molecule has 1 aromatic carbocycles. The van der Waals surface area contributed by atoms with Crippen LogP contribution in [0.2, 0.25) is 0 Å². The first-order valence-corrected chi connectivity index (χ1v) is 10.1. The summed E-state index contributed by atoms with van der Waals surface area (Å²) >= 11 is 3.10. The zero-order valence-electron chi connectivity index (χ0n) is 12.0. The molecule has 2 rings (SSSR count). The van der Waals surface area contributed by atoms with E-state index >= 15 is 0 Å². The van der Waals surface area contributed by atoms with Gasteiger partial charge in [0.2, 0.25) is 0 Å². The Morgan fingerprint density at radius 3 is 2.52 bits per heavy atom. The van der Waals surface area contributed by atoms with Crippen LogP contribution in [0.5, 0.6) is 0 Å². The van der Waals surface area contributed by atoms with Gasteiger partial charge in [-0.25, -0.2) is 8.42 Å². The minimum absolute atomic E-state index is 0.0776. The Morgan fingerprint density at radius 1 is 1.24 bits per heavy atom. The number of ketones is 1. The van der Waals surface area contributed by atoms with Gasteiger partial charge in [0.25, 0.3) is 0 Å². The second-order valence-electron chi connectivity index (χ2n) is 5.45. The van der Waals surface area contributed by atoms with Gasteiger partial charge in [-0.3, -0.25) is 4.79 Å². The van der Waals surface area contributed by atoms with E-state index in [0.29, 0.717) is 17.1 Å². The summed E-state index contributed by atoms with van der Waals surface area (Å²) in [4.78, 5) is 12.0. The lowest BCUT2D eigenvalue weighted by Crippen LogP contribution is -2.22. The third kappa shape index (κ3) is 4.90. The Kier molecular flexibility index (Phi) is 5.22. The fourth-order valence-corrected chi connectivity index (χ4v) is 6.56. The average molecular weight is 343 g/mol. The van der Waals surface area contributed by atoms with Crippen molar-refractivity contribution >= 4 is 39.1 Å². The van der Waals surface area contributed by atoms with E-state index in [2.05, 4.69) is 0 Å². The largest absolute Gasteiger partial charge is 0.295 e. The van der Waals surface area contributed by atoms with Crippen molar-refractivity contribution in [3.05, 3.63) is 40.6 Å². The predicted molar refractivity (Wildman–Crippen MR) is 90.3 cm³/mol. The van der Waals surface area contributed by atoms with E-state index in [1.54, 1.807) is 48.2 Å². The minimum Gasteiger partial charge on any atom is -0.295 e. The van der Waals surface area contributed by atoms with Gasteiger partial charge in [-0.2, -0.15) is 0 Å². The highest BCUT2D eigenvalue weighted by molar-refractivity contribution is 8.23. The van der Waals surface area contributed by atoms with E-state index in [4.69, 9.17) is 0 Å². The van der Waals surface area contributed by atoms with E-state index in [9.17, 15) is 13.2 Å². The van der Waals surface area contributed by atoms with Crippen LogP contribution >= 0.6 is 23.5 Å². The lowest BCUT2D eigenvalue weighted by Gasteiger charge is -2.27. The number of hydrogen-bond donors (Lipinski definition) is 0. The number of allylic oxidation sites excluding steroid dienone is 1. The Balaban J connectivity index is 1.94. The number of hydrogen-bond acceptors (Lipinski definition) is 5. The number of carbonyl (C=O) groups is 1. The van der Waals surface area contributed by atoms with Crippen LogP contribution in [-0.2, 0) is 14.6 Å². The second-order valence-corrected chi connectivity index (χ2v) is 10.7. The molecule has 1 aliphatic rings. The van der Waals surface area contributed by atoms with Crippen molar-refractivity contribution in [2.24, 2.45) is 0 Å². The molecule has 0 amide bonds. The average Bonchev–Trinajstić information content (AvgIpc) is 2.37. The van der Waals surface area contributed by atoms with Crippen LogP contribution in [0.3, 0.4) is 0 Å². The summed E-state index contributed by atoms with van der Waals surface area (Å²) in [7, 11) is -3.25. The highest BCUT2D eigenvalue weighted by Crippen LogP contribution is 2.43. The summed E-state index contributed by atoms with van der Waals surface area (Å²) < 4.78 is 25.1. The van der Waals surface area contributed by atoms with E-state index < -0.39 is 9.84 Å². The van der Waals surface area contributed by atoms with Gasteiger partial charge < -0.3 is 0 Å². The summed E-state index contributed by atoms with van der Waals surface area (Å²) in [5.41, 5.74) is 0. The van der Waals surface area contributed by atoms with E-state index in [1.807, 2.05) is 13.8 Å². The fourth-order valence-electron chi connectivity index (χ4n) is 2.01. The molecule has 0 fully saturated rings. The van der Waals surface area contributed by atoms with Crippen LogP contribution < -0.4 is 0 Å². The molecule has 0 aliphatic carbocycles. The number of carbonyl (C=O) groups excluding carboxylic acids is 1. The van der Waals surface area contributed by atoms with Crippen molar-refractivity contribution in [2.45, 2.75) is 29.9 Å². The highest BCUT2D eigenvalue weighted by atomic mass is 32.2. The topological polar surface area (TPSA) is 51.2 Å². The second kappa shape index (κ2) is 6.58. The molecule has 0 atom stereocenters. The summed E-state index contributed by atoms with van der Waals surface area (Å²) in [6.07, 6.45) is 2.17. The Labute approximate surface area is 134 Å². The maximum atomic E-state index is 12.2. The fraction of sp³-hybridized carbons (Fsp3) is 0.400. The van der Waals surface area contributed by atoms with Gasteiger partial charge in [0.1, 0.15) is 0 Å². The standard InChI is InChI=1S/C15H18O3S3/c1-15(2)11-12(16)10-14(20-15)19-8-9-21(17,18)13-6-4-3-5-7-13/h3-7,10H,8-9,11H2,1-2H3. The molecular formula is C15H18O3S3. The molecule has 0 unspecified atom stereocenters. The van der Waals surface area contributed by atoms with Crippen LogP contribution in [0.15, 0.2) is 45.5 Å². The van der Waals surface area contributed by atoms with Gasteiger partial charge >= 0.3 is 0 Å². The molecule has 1 aliphatic heterocycles. The van der Waals surface area contributed by atoms with Crippen LogP contribution in [0, 0.1) is 0 Å². The quantitative estimate of drug-likeness (QED) is 0.819. The number of sulfone groups is 1. The zero-order chi connectivity index (χ0) is 15.5. The molecule has 0 radical (unpaired) electrons. The van der Waals surface area contributed by atoms with Crippen molar-refractivity contribution in [2.75, 3.05) is 11.5 Å². The van der Waals surface area contributed by atoms with Crippen molar-refractivity contribution in [1.82, 2.24) is 0 Å². The minimum atomic E-state index is -3.25. The molecule has 6 heteroatoms. The van der Waals surface area contributed by atoms with E-state index in [0.717, 1.165) is 4.24 Å². The molecule has 1 heterocycles. The van der Waals surface area contributed by atoms with Crippen LogP contribution in [-0.4, -0.2) is 30.5 Å². The number of thioether (sulfide) groups is 2. The van der Waals surface area contributed by atoms with Gasteiger partial charge in [0, 0.05) is 27.2 Å². The van der Waals surface area contributed by atoms with E-state index in [-0.39, 0.29) is 16.3 Å². The predicted octanol–water partition coefficient (Wildman–Crippen LogP) is 3.52. The van der Waals surface area contributed by atoms with Gasteiger partial charge in [0.15, 0.2) is 15.6 Å². The molecule has 0 aromatic heterocycles.